The minimum Gasteiger partial charge on any atom is -0.450 e. The lowest BCUT2D eigenvalue weighted by Crippen LogP contribution is -2.58. The molecule has 0 saturated carbocycles. The van der Waals surface area contributed by atoms with Crippen LogP contribution in [0.2, 0.25) is 0 Å². The summed E-state index contributed by atoms with van der Waals surface area (Å²) < 4.78 is 41.6. The minimum atomic E-state index is -4.33. The summed E-state index contributed by atoms with van der Waals surface area (Å²) in [5, 5.41) is 2.31. The molecule has 1 N–H and O–H groups in total. The molecular formula is C8H13F3N2O2. The van der Waals surface area contributed by atoms with Crippen LogP contribution in [0.3, 0.4) is 0 Å². The molecule has 0 aromatic carbocycles. The molecule has 1 amide bonds. The van der Waals surface area contributed by atoms with Gasteiger partial charge in [-0.05, 0) is 6.92 Å². The summed E-state index contributed by atoms with van der Waals surface area (Å²) >= 11 is 0. The fourth-order valence-corrected chi connectivity index (χ4v) is 1.35. The predicted molar refractivity (Wildman–Crippen MR) is 46.4 cm³/mol. The molecule has 1 rings (SSSR count). The molecule has 4 nitrogen and oxygen atoms in total. The van der Waals surface area contributed by atoms with Crippen molar-refractivity contribution in [2.24, 2.45) is 0 Å². The Morgan fingerprint density at radius 2 is 2.27 bits per heavy atom. The Balaban J connectivity index is 2.52. The second-order valence-electron chi connectivity index (χ2n) is 3.19. The SMILES string of the molecule is CCOC(=O)N1CCNC(C(F)(F)F)C1. The average Bonchev–Trinajstić information content (AvgIpc) is 2.17. The normalized spacial score (nSPS) is 22.7. The zero-order chi connectivity index (χ0) is 11.5. The van der Waals surface area contributed by atoms with E-state index in [9.17, 15) is 18.0 Å². The Kier molecular flexibility index (Phi) is 3.78. The van der Waals surface area contributed by atoms with Crippen LogP contribution in [0.25, 0.3) is 0 Å². The number of carbonyl (C=O) groups excluding carboxylic acids is 1. The van der Waals surface area contributed by atoms with Crippen molar-refractivity contribution in [1.82, 2.24) is 10.2 Å². The van der Waals surface area contributed by atoms with Gasteiger partial charge in [0.05, 0.1) is 6.61 Å². The maximum absolute atomic E-state index is 12.3. The van der Waals surface area contributed by atoms with Gasteiger partial charge in [-0.2, -0.15) is 13.2 Å². The second-order valence-corrected chi connectivity index (χ2v) is 3.19. The van der Waals surface area contributed by atoms with Crippen LogP contribution in [0.1, 0.15) is 6.92 Å². The number of amides is 1. The molecule has 15 heavy (non-hydrogen) atoms. The van der Waals surface area contributed by atoms with E-state index in [-0.39, 0.29) is 26.2 Å². The number of hydrogen-bond acceptors (Lipinski definition) is 3. The van der Waals surface area contributed by atoms with Gasteiger partial charge >= 0.3 is 12.3 Å². The van der Waals surface area contributed by atoms with Crippen LogP contribution in [-0.4, -0.2) is 49.5 Å². The zero-order valence-corrected chi connectivity index (χ0v) is 8.30. The molecule has 0 aromatic heterocycles. The monoisotopic (exact) mass is 226 g/mol. The van der Waals surface area contributed by atoms with Crippen molar-refractivity contribution in [3.63, 3.8) is 0 Å². The number of carbonyl (C=O) groups is 1. The molecule has 1 unspecified atom stereocenters. The van der Waals surface area contributed by atoms with E-state index < -0.39 is 18.3 Å². The van der Waals surface area contributed by atoms with E-state index >= 15 is 0 Å². The molecule has 0 aliphatic carbocycles. The van der Waals surface area contributed by atoms with E-state index in [1.165, 1.54) is 0 Å². The van der Waals surface area contributed by atoms with E-state index in [0.29, 0.717) is 0 Å². The Labute approximate surface area is 85.4 Å². The summed E-state index contributed by atoms with van der Waals surface area (Å²) in [4.78, 5) is 12.2. The lowest BCUT2D eigenvalue weighted by Gasteiger charge is -2.33. The number of ether oxygens (including phenoxy) is 1. The fraction of sp³-hybridized carbons (Fsp3) is 0.875. The van der Waals surface area contributed by atoms with Crippen LogP contribution in [0.15, 0.2) is 0 Å². The van der Waals surface area contributed by atoms with E-state index in [2.05, 4.69) is 10.1 Å². The number of piperazine rings is 1. The minimum absolute atomic E-state index is 0.128. The van der Waals surface area contributed by atoms with Crippen molar-refractivity contribution in [2.45, 2.75) is 19.1 Å². The molecule has 1 aliphatic heterocycles. The molecule has 1 aliphatic rings. The standard InChI is InChI=1S/C8H13F3N2O2/c1-2-15-7(14)13-4-3-12-6(5-13)8(9,10)11/h6,12H,2-5H2,1H3. The van der Waals surface area contributed by atoms with E-state index in [1.807, 2.05) is 0 Å². The zero-order valence-electron chi connectivity index (χ0n) is 8.30. The first-order valence-electron chi connectivity index (χ1n) is 4.67. The summed E-state index contributed by atoms with van der Waals surface area (Å²) in [5.74, 6) is 0. The van der Waals surface area contributed by atoms with Gasteiger partial charge in [-0.25, -0.2) is 4.79 Å². The van der Waals surface area contributed by atoms with Crippen molar-refractivity contribution < 1.29 is 22.7 Å². The molecule has 0 spiro atoms. The molecular weight excluding hydrogens is 213 g/mol. The third kappa shape index (κ3) is 3.26. The van der Waals surface area contributed by atoms with Gasteiger partial charge in [0.25, 0.3) is 0 Å². The largest absolute Gasteiger partial charge is 0.450 e. The molecule has 0 radical (unpaired) electrons. The Bertz CT molecular complexity index is 232. The highest BCUT2D eigenvalue weighted by Gasteiger charge is 2.43. The molecule has 1 saturated heterocycles. The van der Waals surface area contributed by atoms with E-state index in [1.54, 1.807) is 6.92 Å². The molecule has 88 valence electrons. The molecule has 0 aromatic rings. The van der Waals surface area contributed by atoms with E-state index in [4.69, 9.17) is 0 Å². The first-order valence-corrected chi connectivity index (χ1v) is 4.67. The van der Waals surface area contributed by atoms with Gasteiger partial charge in [0.1, 0.15) is 6.04 Å². The van der Waals surface area contributed by atoms with Crippen molar-refractivity contribution in [3.8, 4) is 0 Å². The predicted octanol–water partition coefficient (Wildman–Crippen LogP) is 0.979. The summed E-state index contributed by atoms with van der Waals surface area (Å²) in [6.45, 7) is 1.76. The van der Waals surface area contributed by atoms with Crippen LogP contribution in [-0.2, 0) is 4.74 Å². The van der Waals surface area contributed by atoms with Crippen LogP contribution in [0, 0.1) is 0 Å². The molecule has 0 bridgehead atoms. The van der Waals surface area contributed by atoms with Gasteiger partial charge in [0, 0.05) is 19.6 Å². The van der Waals surface area contributed by atoms with Gasteiger partial charge in [0.2, 0.25) is 0 Å². The highest BCUT2D eigenvalue weighted by molar-refractivity contribution is 5.67. The van der Waals surface area contributed by atoms with Crippen LogP contribution >= 0.6 is 0 Å². The lowest BCUT2D eigenvalue weighted by molar-refractivity contribution is -0.163. The highest BCUT2D eigenvalue weighted by Crippen LogP contribution is 2.22. The number of rotatable bonds is 1. The number of halogens is 3. The summed E-state index contributed by atoms with van der Waals surface area (Å²) in [7, 11) is 0. The van der Waals surface area contributed by atoms with Gasteiger partial charge in [-0.1, -0.05) is 0 Å². The maximum atomic E-state index is 12.3. The number of alkyl halides is 3. The highest BCUT2D eigenvalue weighted by atomic mass is 19.4. The summed E-state index contributed by atoms with van der Waals surface area (Å²) in [6, 6.07) is -1.66. The third-order valence-corrected chi connectivity index (χ3v) is 2.10. The summed E-state index contributed by atoms with van der Waals surface area (Å²) in [6.07, 6.45) is -5.02. The Morgan fingerprint density at radius 1 is 1.60 bits per heavy atom. The average molecular weight is 226 g/mol. The van der Waals surface area contributed by atoms with Crippen molar-refractivity contribution in [3.05, 3.63) is 0 Å². The van der Waals surface area contributed by atoms with Crippen molar-refractivity contribution in [2.75, 3.05) is 26.2 Å². The Hall–Kier alpha value is -0.980. The van der Waals surface area contributed by atoms with Gasteiger partial charge < -0.3 is 15.0 Å². The third-order valence-electron chi connectivity index (χ3n) is 2.10. The quantitative estimate of drug-likeness (QED) is 0.724. The van der Waals surface area contributed by atoms with Crippen molar-refractivity contribution in [1.29, 1.82) is 0 Å². The van der Waals surface area contributed by atoms with Crippen LogP contribution in [0.5, 0.6) is 0 Å². The lowest BCUT2D eigenvalue weighted by atomic mass is 10.2. The van der Waals surface area contributed by atoms with Gasteiger partial charge in [-0.15, -0.1) is 0 Å². The van der Waals surface area contributed by atoms with Crippen molar-refractivity contribution >= 4 is 6.09 Å². The number of nitrogens with one attached hydrogen (secondary N) is 1. The smallest absolute Gasteiger partial charge is 0.409 e. The van der Waals surface area contributed by atoms with Gasteiger partial charge in [0.15, 0.2) is 0 Å². The molecule has 1 atom stereocenters. The number of nitrogens with zero attached hydrogens (tertiary/aromatic N) is 1. The van der Waals surface area contributed by atoms with Crippen LogP contribution < -0.4 is 5.32 Å². The molecule has 7 heteroatoms. The topological polar surface area (TPSA) is 41.6 Å². The molecule has 1 fully saturated rings. The Morgan fingerprint density at radius 3 is 2.80 bits per heavy atom. The maximum Gasteiger partial charge on any atom is 0.409 e. The van der Waals surface area contributed by atoms with Gasteiger partial charge in [-0.3, -0.25) is 0 Å². The number of hydrogen-bond donors (Lipinski definition) is 1. The second kappa shape index (κ2) is 4.69. The fourth-order valence-electron chi connectivity index (χ4n) is 1.35. The first-order chi connectivity index (χ1) is 6.95. The van der Waals surface area contributed by atoms with E-state index in [0.717, 1.165) is 4.90 Å². The molecule has 1 heterocycles. The summed E-state index contributed by atoms with van der Waals surface area (Å²) in [5.41, 5.74) is 0. The first kappa shape index (κ1) is 12.1. The van der Waals surface area contributed by atoms with Crippen LogP contribution in [0.4, 0.5) is 18.0 Å².